The van der Waals surface area contributed by atoms with Crippen LogP contribution in [0.5, 0.6) is 5.75 Å². The number of para-hydroxylation sites is 1. The molecule has 0 spiro atoms. The number of carbonyl (C=O) groups excluding carboxylic acids is 1. The van der Waals surface area contributed by atoms with E-state index in [4.69, 9.17) is 9.72 Å². The summed E-state index contributed by atoms with van der Waals surface area (Å²) in [6, 6.07) is 17.6. The van der Waals surface area contributed by atoms with Crippen molar-refractivity contribution in [2.75, 3.05) is 25.1 Å². The first-order valence-corrected chi connectivity index (χ1v) is 12.2. The van der Waals surface area contributed by atoms with E-state index in [1.165, 1.54) is 11.3 Å². The maximum absolute atomic E-state index is 13.0. The second-order valence-corrected chi connectivity index (χ2v) is 9.28. The molecule has 2 aromatic carbocycles. The fraction of sp³-hybridized carbons (Fsp3) is 0.269. The number of hydrogen-bond donors (Lipinski definition) is 2. The summed E-state index contributed by atoms with van der Waals surface area (Å²) >= 11 is 1.40. The summed E-state index contributed by atoms with van der Waals surface area (Å²) in [6.07, 6.45) is 1.65. The highest BCUT2D eigenvalue weighted by Crippen LogP contribution is 2.32. The summed E-state index contributed by atoms with van der Waals surface area (Å²) in [4.78, 5) is 35.6. The summed E-state index contributed by atoms with van der Waals surface area (Å²) in [5, 5.41) is 5.03. The first-order valence-electron chi connectivity index (χ1n) is 11.4. The van der Waals surface area contributed by atoms with E-state index >= 15 is 0 Å². The van der Waals surface area contributed by atoms with Gasteiger partial charge in [-0.1, -0.05) is 48.5 Å². The van der Waals surface area contributed by atoms with E-state index in [1.54, 1.807) is 7.11 Å². The average molecular weight is 475 g/mol. The van der Waals surface area contributed by atoms with Crippen LogP contribution >= 0.6 is 11.3 Å². The van der Waals surface area contributed by atoms with E-state index in [2.05, 4.69) is 10.3 Å². The van der Waals surface area contributed by atoms with Crippen LogP contribution in [-0.4, -0.2) is 36.1 Å². The number of nitrogens with zero attached hydrogens (tertiary/aromatic N) is 2. The predicted molar refractivity (Wildman–Crippen MR) is 135 cm³/mol. The number of nitrogens with one attached hydrogen (secondary N) is 2. The van der Waals surface area contributed by atoms with Crippen LogP contribution < -0.4 is 20.5 Å². The third-order valence-electron chi connectivity index (χ3n) is 6.24. The van der Waals surface area contributed by atoms with Crippen LogP contribution in [0.25, 0.3) is 21.3 Å². The van der Waals surface area contributed by atoms with E-state index < -0.39 is 0 Å². The molecule has 1 aliphatic rings. The number of H-pyrrole nitrogens is 1. The van der Waals surface area contributed by atoms with Crippen LogP contribution in [0, 0.1) is 5.92 Å². The molecular weight excluding hydrogens is 448 g/mol. The van der Waals surface area contributed by atoms with Crippen LogP contribution in [0.4, 0.5) is 5.95 Å². The number of piperidine rings is 1. The molecule has 0 aliphatic carbocycles. The molecule has 1 amide bonds. The molecule has 4 aromatic rings. The third kappa shape index (κ3) is 4.41. The van der Waals surface area contributed by atoms with E-state index in [0.717, 1.165) is 41.8 Å². The predicted octanol–water partition coefficient (Wildman–Crippen LogP) is 4.19. The highest BCUT2D eigenvalue weighted by molar-refractivity contribution is 7.17. The Morgan fingerprint density at radius 1 is 1.21 bits per heavy atom. The third-order valence-corrected chi connectivity index (χ3v) is 7.20. The lowest BCUT2D eigenvalue weighted by Gasteiger charge is -2.32. The molecule has 34 heavy (non-hydrogen) atoms. The highest BCUT2D eigenvalue weighted by atomic mass is 32.1. The smallest absolute Gasteiger partial charge is 0.270 e. The SMILES string of the molecule is COc1ccccc1CNC(=O)[C@H]1CCCN(c2nc3c(-c4ccccc4)csc3c(=O)[nH]2)C1. The Kier molecular flexibility index (Phi) is 6.31. The van der Waals surface area contributed by atoms with Crippen molar-refractivity contribution in [3.8, 4) is 16.9 Å². The van der Waals surface area contributed by atoms with Crippen molar-refractivity contribution in [2.45, 2.75) is 19.4 Å². The first-order chi connectivity index (χ1) is 16.6. The Hall–Kier alpha value is -3.65. The zero-order chi connectivity index (χ0) is 23.5. The molecule has 2 aromatic heterocycles. The molecule has 1 fully saturated rings. The maximum atomic E-state index is 13.0. The van der Waals surface area contributed by atoms with Gasteiger partial charge in [0.1, 0.15) is 10.4 Å². The fourth-order valence-electron chi connectivity index (χ4n) is 4.45. The van der Waals surface area contributed by atoms with Crippen LogP contribution in [0.3, 0.4) is 0 Å². The number of rotatable bonds is 6. The number of ether oxygens (including phenoxy) is 1. The number of hydrogen-bond acceptors (Lipinski definition) is 6. The zero-order valence-electron chi connectivity index (χ0n) is 18.9. The lowest BCUT2D eigenvalue weighted by Crippen LogP contribution is -2.44. The molecule has 0 bridgehead atoms. The molecule has 1 aliphatic heterocycles. The van der Waals surface area contributed by atoms with Gasteiger partial charge in [0.15, 0.2) is 0 Å². The second-order valence-electron chi connectivity index (χ2n) is 8.40. The van der Waals surface area contributed by atoms with E-state index in [9.17, 15) is 9.59 Å². The van der Waals surface area contributed by atoms with Gasteiger partial charge in [0, 0.05) is 36.1 Å². The molecule has 0 saturated carbocycles. The van der Waals surface area contributed by atoms with Crippen molar-refractivity contribution >= 4 is 33.4 Å². The number of benzene rings is 2. The van der Waals surface area contributed by atoms with Gasteiger partial charge in [-0.25, -0.2) is 4.98 Å². The lowest BCUT2D eigenvalue weighted by atomic mass is 9.97. The number of thiophene rings is 1. The largest absolute Gasteiger partial charge is 0.496 e. The Labute approximate surface area is 201 Å². The standard InChI is InChI=1S/C26H26N4O3S/c1-33-21-12-6-5-10-18(21)14-27-24(31)19-11-7-13-30(15-19)26-28-22-20(17-8-3-2-4-9-17)16-34-23(22)25(32)29-26/h2-6,8-10,12,16,19H,7,11,13-15H2,1H3,(H,27,31)(H,28,29,32)/t19-/m0/s1. The first kappa shape index (κ1) is 22.2. The van der Waals surface area contributed by atoms with E-state index in [1.807, 2.05) is 64.9 Å². The fourth-order valence-corrected chi connectivity index (χ4v) is 5.36. The van der Waals surface area contributed by atoms with Crippen molar-refractivity contribution in [1.29, 1.82) is 0 Å². The highest BCUT2D eigenvalue weighted by Gasteiger charge is 2.27. The van der Waals surface area contributed by atoms with E-state index in [0.29, 0.717) is 29.3 Å². The minimum atomic E-state index is -0.180. The van der Waals surface area contributed by atoms with Gasteiger partial charge in [-0.15, -0.1) is 11.3 Å². The zero-order valence-corrected chi connectivity index (χ0v) is 19.7. The van der Waals surface area contributed by atoms with Crippen molar-refractivity contribution in [3.63, 3.8) is 0 Å². The minimum absolute atomic E-state index is 0.000427. The lowest BCUT2D eigenvalue weighted by molar-refractivity contribution is -0.125. The summed E-state index contributed by atoms with van der Waals surface area (Å²) in [5.74, 6) is 1.10. The van der Waals surface area contributed by atoms with Gasteiger partial charge >= 0.3 is 0 Å². The molecule has 3 heterocycles. The van der Waals surface area contributed by atoms with Crippen molar-refractivity contribution in [3.05, 3.63) is 75.9 Å². The van der Waals surface area contributed by atoms with Crippen LogP contribution in [0.15, 0.2) is 64.8 Å². The second kappa shape index (κ2) is 9.69. The molecule has 5 rings (SSSR count). The van der Waals surface area contributed by atoms with Gasteiger partial charge in [0.2, 0.25) is 11.9 Å². The van der Waals surface area contributed by atoms with Gasteiger partial charge in [-0.05, 0) is 24.5 Å². The van der Waals surface area contributed by atoms with Crippen molar-refractivity contribution in [2.24, 2.45) is 5.92 Å². The molecule has 0 radical (unpaired) electrons. The normalized spacial score (nSPS) is 15.9. The Morgan fingerprint density at radius 2 is 2.00 bits per heavy atom. The number of anilines is 1. The van der Waals surface area contributed by atoms with Crippen molar-refractivity contribution in [1.82, 2.24) is 15.3 Å². The molecule has 1 atom stereocenters. The summed E-state index contributed by atoms with van der Waals surface area (Å²) < 4.78 is 5.99. The molecule has 174 valence electrons. The number of aromatic amines is 1. The van der Waals surface area contributed by atoms with Crippen LogP contribution in [-0.2, 0) is 11.3 Å². The number of amides is 1. The Balaban J connectivity index is 1.34. The molecule has 8 heteroatoms. The van der Waals surface area contributed by atoms with Crippen molar-refractivity contribution < 1.29 is 9.53 Å². The summed E-state index contributed by atoms with van der Waals surface area (Å²) in [6.45, 7) is 1.67. The van der Waals surface area contributed by atoms with Gasteiger partial charge in [-0.2, -0.15) is 0 Å². The van der Waals surface area contributed by atoms with Gasteiger partial charge in [-0.3, -0.25) is 14.6 Å². The number of aromatic nitrogens is 2. The Morgan fingerprint density at radius 3 is 2.82 bits per heavy atom. The monoisotopic (exact) mass is 474 g/mol. The molecule has 0 unspecified atom stereocenters. The average Bonchev–Trinajstić information content (AvgIpc) is 3.33. The molecular formula is C26H26N4O3S. The minimum Gasteiger partial charge on any atom is -0.496 e. The molecule has 1 saturated heterocycles. The summed E-state index contributed by atoms with van der Waals surface area (Å²) in [5.41, 5.74) is 3.49. The quantitative estimate of drug-likeness (QED) is 0.438. The number of methoxy groups -OCH3 is 1. The van der Waals surface area contributed by atoms with E-state index in [-0.39, 0.29) is 17.4 Å². The topological polar surface area (TPSA) is 87.3 Å². The number of carbonyl (C=O) groups is 1. The van der Waals surface area contributed by atoms with Gasteiger partial charge < -0.3 is 15.0 Å². The molecule has 7 nitrogen and oxygen atoms in total. The van der Waals surface area contributed by atoms with Crippen LogP contribution in [0.2, 0.25) is 0 Å². The van der Waals surface area contributed by atoms with Gasteiger partial charge in [0.25, 0.3) is 5.56 Å². The number of fused-ring (bicyclic) bond motifs is 1. The van der Waals surface area contributed by atoms with Crippen LogP contribution in [0.1, 0.15) is 18.4 Å². The Bertz CT molecular complexity index is 1370. The van der Waals surface area contributed by atoms with Gasteiger partial charge in [0.05, 0.1) is 18.5 Å². The summed E-state index contributed by atoms with van der Waals surface area (Å²) in [7, 11) is 1.63. The molecule has 2 N–H and O–H groups in total. The maximum Gasteiger partial charge on any atom is 0.270 e.